The molecule has 0 aromatic heterocycles. The summed E-state index contributed by atoms with van der Waals surface area (Å²) in [4.78, 5) is 13.9. The predicted octanol–water partition coefficient (Wildman–Crippen LogP) is 4.58. The number of halogens is 1. The van der Waals surface area contributed by atoms with Gasteiger partial charge in [0.25, 0.3) is 0 Å². The molecule has 0 radical (unpaired) electrons. The fraction of sp³-hybridized carbons (Fsp3) is 0.667. The number of piperidine rings is 1. The van der Waals surface area contributed by atoms with Gasteiger partial charge in [0.1, 0.15) is 5.75 Å². The average molecular weight is 424 g/mol. The molecule has 5 heteroatoms. The van der Waals surface area contributed by atoms with Gasteiger partial charge in [-0.3, -0.25) is 9.69 Å². The topological polar surface area (TPSA) is 38.8 Å². The van der Waals surface area contributed by atoms with E-state index in [1.54, 1.807) is 0 Å². The van der Waals surface area contributed by atoms with Crippen LogP contribution in [-0.2, 0) is 9.53 Å². The first-order chi connectivity index (χ1) is 12.5. The SMILES string of the molecule is CCOC(=O)CN1CCC2(CC[C@H](COc3cccc(Br)c3C)C2)CC1. The molecule has 1 saturated heterocycles. The summed E-state index contributed by atoms with van der Waals surface area (Å²) in [5.74, 6) is 1.54. The van der Waals surface area contributed by atoms with Crippen LogP contribution in [0, 0.1) is 18.3 Å². The zero-order valence-electron chi connectivity index (χ0n) is 15.9. The van der Waals surface area contributed by atoms with Gasteiger partial charge in [0, 0.05) is 10.0 Å². The van der Waals surface area contributed by atoms with E-state index in [4.69, 9.17) is 9.47 Å². The quantitative estimate of drug-likeness (QED) is 0.627. The fourth-order valence-electron chi connectivity index (χ4n) is 4.45. The summed E-state index contributed by atoms with van der Waals surface area (Å²) < 4.78 is 12.3. The van der Waals surface area contributed by atoms with Crippen molar-refractivity contribution in [2.45, 2.75) is 46.0 Å². The summed E-state index contributed by atoms with van der Waals surface area (Å²) in [6.45, 7) is 7.70. The van der Waals surface area contributed by atoms with Gasteiger partial charge in [0.15, 0.2) is 0 Å². The molecule has 1 atom stereocenters. The Labute approximate surface area is 165 Å². The first-order valence-corrected chi connectivity index (χ1v) is 10.6. The highest BCUT2D eigenvalue weighted by Gasteiger charge is 2.41. The van der Waals surface area contributed by atoms with Gasteiger partial charge in [-0.05, 0) is 82.5 Å². The Balaban J connectivity index is 1.45. The van der Waals surface area contributed by atoms with Gasteiger partial charge >= 0.3 is 5.97 Å². The fourth-order valence-corrected chi connectivity index (χ4v) is 4.80. The van der Waals surface area contributed by atoms with Crippen LogP contribution >= 0.6 is 15.9 Å². The molecule has 3 rings (SSSR count). The van der Waals surface area contributed by atoms with Gasteiger partial charge in [-0.25, -0.2) is 0 Å². The van der Waals surface area contributed by atoms with E-state index in [0.29, 0.717) is 24.5 Å². The van der Waals surface area contributed by atoms with Crippen molar-refractivity contribution >= 4 is 21.9 Å². The minimum absolute atomic E-state index is 0.0921. The maximum atomic E-state index is 11.7. The van der Waals surface area contributed by atoms with Crippen molar-refractivity contribution in [3.8, 4) is 5.75 Å². The van der Waals surface area contributed by atoms with E-state index in [0.717, 1.165) is 29.9 Å². The van der Waals surface area contributed by atoms with Crippen LogP contribution in [0.4, 0.5) is 0 Å². The van der Waals surface area contributed by atoms with Gasteiger partial charge in [-0.1, -0.05) is 22.0 Å². The number of hydrogen-bond donors (Lipinski definition) is 0. The molecule has 0 bridgehead atoms. The van der Waals surface area contributed by atoms with Crippen LogP contribution < -0.4 is 4.74 Å². The molecule has 26 heavy (non-hydrogen) atoms. The Morgan fingerprint density at radius 2 is 2.08 bits per heavy atom. The third-order valence-electron chi connectivity index (χ3n) is 6.07. The van der Waals surface area contributed by atoms with E-state index in [9.17, 15) is 4.79 Å². The zero-order chi connectivity index (χ0) is 18.6. The van der Waals surface area contributed by atoms with Gasteiger partial charge in [0.2, 0.25) is 0 Å². The second kappa shape index (κ2) is 8.75. The van der Waals surface area contributed by atoms with E-state index in [1.165, 1.54) is 37.7 Å². The Kier molecular flexibility index (Phi) is 6.62. The second-order valence-electron chi connectivity index (χ2n) is 7.86. The predicted molar refractivity (Wildman–Crippen MR) is 106 cm³/mol. The molecule has 1 heterocycles. The summed E-state index contributed by atoms with van der Waals surface area (Å²) in [5.41, 5.74) is 1.64. The monoisotopic (exact) mass is 423 g/mol. The van der Waals surface area contributed by atoms with Crippen molar-refractivity contribution in [3.63, 3.8) is 0 Å². The van der Waals surface area contributed by atoms with Crippen LogP contribution in [-0.4, -0.2) is 43.7 Å². The Hall–Kier alpha value is -1.07. The number of nitrogens with zero attached hydrogens (tertiary/aromatic N) is 1. The van der Waals surface area contributed by atoms with Crippen molar-refractivity contribution < 1.29 is 14.3 Å². The molecule has 1 aromatic rings. The lowest BCUT2D eigenvalue weighted by Crippen LogP contribution is -2.41. The molecule has 1 spiro atoms. The molecule has 0 amide bonds. The number of benzene rings is 1. The third kappa shape index (κ3) is 4.80. The lowest BCUT2D eigenvalue weighted by molar-refractivity contribution is -0.145. The van der Waals surface area contributed by atoms with Crippen LogP contribution in [0.1, 0.15) is 44.6 Å². The molecule has 1 saturated carbocycles. The molecule has 0 N–H and O–H groups in total. The van der Waals surface area contributed by atoms with Crippen LogP contribution in [0.25, 0.3) is 0 Å². The first-order valence-electron chi connectivity index (χ1n) is 9.77. The highest BCUT2D eigenvalue weighted by atomic mass is 79.9. The first kappa shape index (κ1) is 19.7. The molecule has 2 fully saturated rings. The highest BCUT2D eigenvalue weighted by molar-refractivity contribution is 9.10. The number of likely N-dealkylation sites (tertiary alicyclic amines) is 1. The summed E-state index contributed by atoms with van der Waals surface area (Å²) in [7, 11) is 0. The minimum atomic E-state index is -0.0921. The standard InChI is InChI=1S/C21H30BrNO3/c1-3-25-20(24)14-23-11-9-21(10-12-23)8-7-17(13-21)15-26-19-6-4-5-18(22)16(19)2/h4-6,17H,3,7-15H2,1-2H3/t17-/m0/s1. The molecule has 0 unspecified atom stereocenters. The van der Waals surface area contributed by atoms with Crippen molar-refractivity contribution in [3.05, 3.63) is 28.2 Å². The van der Waals surface area contributed by atoms with Gasteiger partial charge < -0.3 is 9.47 Å². The van der Waals surface area contributed by atoms with E-state index in [2.05, 4.69) is 39.9 Å². The summed E-state index contributed by atoms with van der Waals surface area (Å²) >= 11 is 3.57. The van der Waals surface area contributed by atoms with Crippen molar-refractivity contribution in [2.24, 2.45) is 11.3 Å². The Bertz CT molecular complexity index is 626. The number of esters is 1. The summed E-state index contributed by atoms with van der Waals surface area (Å²) in [6, 6.07) is 6.14. The lowest BCUT2D eigenvalue weighted by atomic mass is 9.76. The molecular weight excluding hydrogens is 394 g/mol. The molecular formula is C21H30BrNO3. The zero-order valence-corrected chi connectivity index (χ0v) is 17.5. The molecule has 4 nitrogen and oxygen atoms in total. The van der Waals surface area contributed by atoms with E-state index < -0.39 is 0 Å². The van der Waals surface area contributed by atoms with Crippen LogP contribution in [0.5, 0.6) is 5.75 Å². The number of carbonyl (C=O) groups is 1. The van der Waals surface area contributed by atoms with E-state index >= 15 is 0 Å². The van der Waals surface area contributed by atoms with E-state index in [-0.39, 0.29) is 5.97 Å². The van der Waals surface area contributed by atoms with Crippen molar-refractivity contribution in [2.75, 3.05) is 32.8 Å². The maximum absolute atomic E-state index is 11.7. The number of rotatable bonds is 6. The minimum Gasteiger partial charge on any atom is -0.493 e. The number of ether oxygens (including phenoxy) is 2. The van der Waals surface area contributed by atoms with Crippen molar-refractivity contribution in [1.82, 2.24) is 4.90 Å². The highest BCUT2D eigenvalue weighted by Crippen LogP contribution is 2.49. The normalized spacial score (nSPS) is 22.5. The Morgan fingerprint density at radius 1 is 1.31 bits per heavy atom. The lowest BCUT2D eigenvalue weighted by Gasteiger charge is -2.39. The average Bonchev–Trinajstić information content (AvgIpc) is 3.02. The maximum Gasteiger partial charge on any atom is 0.320 e. The molecule has 1 aromatic carbocycles. The molecule has 1 aliphatic carbocycles. The number of carbonyl (C=O) groups excluding carboxylic acids is 1. The smallest absolute Gasteiger partial charge is 0.320 e. The number of hydrogen-bond acceptors (Lipinski definition) is 4. The summed E-state index contributed by atoms with van der Waals surface area (Å²) in [5, 5.41) is 0. The third-order valence-corrected chi connectivity index (χ3v) is 6.93. The summed E-state index contributed by atoms with van der Waals surface area (Å²) in [6.07, 6.45) is 6.20. The van der Waals surface area contributed by atoms with Crippen LogP contribution in [0.15, 0.2) is 22.7 Å². The molecule has 2 aliphatic rings. The van der Waals surface area contributed by atoms with Crippen LogP contribution in [0.3, 0.4) is 0 Å². The Morgan fingerprint density at radius 3 is 2.81 bits per heavy atom. The van der Waals surface area contributed by atoms with Crippen LogP contribution in [0.2, 0.25) is 0 Å². The van der Waals surface area contributed by atoms with Gasteiger partial charge in [-0.2, -0.15) is 0 Å². The van der Waals surface area contributed by atoms with E-state index in [1.807, 2.05) is 13.0 Å². The van der Waals surface area contributed by atoms with Gasteiger partial charge in [0.05, 0.1) is 19.8 Å². The molecule has 1 aliphatic heterocycles. The largest absolute Gasteiger partial charge is 0.493 e. The van der Waals surface area contributed by atoms with Crippen molar-refractivity contribution in [1.29, 1.82) is 0 Å². The van der Waals surface area contributed by atoms with Gasteiger partial charge in [-0.15, -0.1) is 0 Å². The second-order valence-corrected chi connectivity index (χ2v) is 8.72. The molecule has 144 valence electrons.